The summed E-state index contributed by atoms with van der Waals surface area (Å²) in [7, 11) is 0. The maximum Gasteiger partial charge on any atom is 0.318 e. The van der Waals surface area contributed by atoms with E-state index in [2.05, 4.69) is 173 Å². The predicted octanol–water partition coefficient (Wildman–Crippen LogP) is 13.0. The zero-order valence-corrected chi connectivity index (χ0v) is 30.4. The predicted molar refractivity (Wildman–Crippen MR) is 230 cm³/mol. The van der Waals surface area contributed by atoms with Crippen molar-refractivity contribution in [1.29, 1.82) is 0 Å². The lowest BCUT2D eigenvalue weighted by atomic mass is 9.77. The van der Waals surface area contributed by atoms with E-state index in [1.165, 1.54) is 75.6 Å². The normalized spacial score (nSPS) is 13.4. The summed E-state index contributed by atoms with van der Waals surface area (Å²) in [5.74, 6) is 0. The number of rotatable bonds is 2. The van der Waals surface area contributed by atoms with Gasteiger partial charge in [-0.3, -0.25) is 0 Å². The van der Waals surface area contributed by atoms with Gasteiger partial charge in [-0.1, -0.05) is 109 Å². The topological polar surface area (TPSA) is 23.0 Å². The molecule has 13 rings (SSSR count). The Morgan fingerprint density at radius 2 is 0.944 bits per heavy atom. The van der Waals surface area contributed by atoms with Crippen LogP contribution in [0, 0.1) is 0 Å². The van der Waals surface area contributed by atoms with Gasteiger partial charge in [-0.25, -0.2) is 0 Å². The Bertz CT molecular complexity index is 3340. The first-order chi connectivity index (χ1) is 26.8. The van der Waals surface area contributed by atoms with E-state index in [1.807, 2.05) is 23.2 Å². The highest BCUT2D eigenvalue weighted by molar-refractivity contribution is 8.56. The van der Waals surface area contributed by atoms with E-state index in [-0.39, 0.29) is 5.27 Å². The molecule has 0 fully saturated rings. The molecule has 5 heterocycles. The molecular formula is C48H27BN2OS2. The molecule has 11 aromatic rings. The van der Waals surface area contributed by atoms with Gasteiger partial charge in [0.05, 0.1) is 27.5 Å². The van der Waals surface area contributed by atoms with Crippen molar-refractivity contribution in [1.82, 2.24) is 9.13 Å². The van der Waals surface area contributed by atoms with Crippen LogP contribution in [-0.4, -0.2) is 14.4 Å². The van der Waals surface area contributed by atoms with Crippen molar-refractivity contribution in [2.24, 2.45) is 0 Å². The molecule has 8 aromatic carbocycles. The van der Waals surface area contributed by atoms with Crippen LogP contribution < -0.4 is 5.46 Å². The molecule has 0 saturated heterocycles. The van der Waals surface area contributed by atoms with Crippen molar-refractivity contribution in [2.45, 2.75) is 9.79 Å². The van der Waals surface area contributed by atoms with Gasteiger partial charge in [0.1, 0.15) is 5.58 Å². The molecule has 0 aliphatic carbocycles. The summed E-state index contributed by atoms with van der Waals surface area (Å²) in [4.78, 5) is 2.67. The largest absolute Gasteiger partial charge is 0.454 e. The van der Waals surface area contributed by atoms with E-state index in [1.54, 1.807) is 0 Å². The molecule has 0 spiro atoms. The third kappa shape index (κ3) is 3.76. The lowest BCUT2D eigenvalue weighted by Gasteiger charge is -2.32. The molecule has 0 unspecified atom stereocenters. The van der Waals surface area contributed by atoms with Crippen molar-refractivity contribution in [3.05, 3.63) is 164 Å². The number of hydrogen-bond donors (Lipinski definition) is 0. The molecule has 0 bridgehead atoms. The second-order valence-electron chi connectivity index (χ2n) is 14.3. The Labute approximate surface area is 318 Å². The maximum absolute atomic E-state index is 7.12. The minimum Gasteiger partial charge on any atom is -0.454 e. The van der Waals surface area contributed by atoms with Crippen LogP contribution in [0.15, 0.2) is 178 Å². The molecule has 0 N–H and O–H groups in total. The van der Waals surface area contributed by atoms with E-state index in [0.717, 1.165) is 38.8 Å². The zero-order chi connectivity index (χ0) is 35.1. The second kappa shape index (κ2) is 10.8. The molecule has 0 atom stereocenters. The number of fused-ring (bicyclic) bond motifs is 16. The van der Waals surface area contributed by atoms with Crippen LogP contribution in [-0.2, 0) is 0 Å². The van der Waals surface area contributed by atoms with Crippen molar-refractivity contribution >= 4 is 99.5 Å². The van der Waals surface area contributed by atoms with Gasteiger partial charge < -0.3 is 13.6 Å². The molecule has 0 amide bonds. The van der Waals surface area contributed by atoms with Crippen LogP contribution in [0.3, 0.4) is 0 Å². The van der Waals surface area contributed by atoms with E-state index in [0.29, 0.717) is 0 Å². The van der Waals surface area contributed by atoms with Crippen LogP contribution in [0.2, 0.25) is 0 Å². The van der Waals surface area contributed by atoms with Gasteiger partial charge in [-0.05, 0) is 82.3 Å². The van der Waals surface area contributed by atoms with E-state index < -0.39 is 0 Å². The van der Waals surface area contributed by atoms with Gasteiger partial charge in [0.25, 0.3) is 0 Å². The van der Waals surface area contributed by atoms with Crippen molar-refractivity contribution < 1.29 is 4.42 Å². The lowest BCUT2D eigenvalue weighted by Crippen LogP contribution is -2.33. The highest BCUT2D eigenvalue weighted by Crippen LogP contribution is 2.52. The monoisotopic (exact) mass is 722 g/mol. The quantitative estimate of drug-likeness (QED) is 0.166. The molecule has 0 saturated carbocycles. The first kappa shape index (κ1) is 29.4. The summed E-state index contributed by atoms with van der Waals surface area (Å²) in [6.45, 7) is 0. The van der Waals surface area contributed by atoms with Crippen molar-refractivity contribution in [2.75, 3.05) is 0 Å². The zero-order valence-electron chi connectivity index (χ0n) is 28.8. The van der Waals surface area contributed by atoms with Gasteiger partial charge in [0.15, 0.2) is 5.58 Å². The fourth-order valence-electron chi connectivity index (χ4n) is 9.42. The Kier molecular flexibility index (Phi) is 5.85. The number of furan rings is 1. The third-order valence-electron chi connectivity index (χ3n) is 11.5. The van der Waals surface area contributed by atoms with E-state index in [9.17, 15) is 0 Å². The standard InChI is InChI=1S/C48H27BN2OS2/c1-2-14-28(15-3-1)50-37-21-9-4-18-32(37)42-43-33-19-5-10-22-38(33)51(47(43)48-44(46(42)50)34-20-6-11-23-39(34)52-48)29-26-35-30-16-7-12-24-40(30)53-49-45(35)36(27-29)31-17-8-13-25-41(31)54-49/h1-27H. The molecule has 2 aliphatic heterocycles. The summed E-state index contributed by atoms with van der Waals surface area (Å²) in [5, 5.41) is 7.47. The first-order valence-corrected chi connectivity index (χ1v) is 20.1. The molecular weight excluding hydrogens is 695 g/mol. The molecule has 3 aromatic heterocycles. The molecule has 6 heteroatoms. The summed E-state index contributed by atoms with van der Waals surface area (Å²) in [6, 6.07) is 59.9. The first-order valence-electron chi connectivity index (χ1n) is 18.4. The van der Waals surface area contributed by atoms with E-state index in [4.69, 9.17) is 4.42 Å². The van der Waals surface area contributed by atoms with Gasteiger partial charge >= 0.3 is 5.27 Å². The molecule has 3 nitrogen and oxygen atoms in total. The maximum atomic E-state index is 7.12. The minimum absolute atomic E-state index is 0.290. The highest BCUT2D eigenvalue weighted by atomic mass is 32.2. The SMILES string of the molecule is c1ccc(-n2c3ccccc3c3c4c5ccccc5n(-c5cc6c7c(c5)-c5ccccc5SB7Sc5ccccc5-6)c4c4oc5ccccc5c4c32)cc1. The lowest BCUT2D eigenvalue weighted by molar-refractivity contribution is 0.671. The number of nitrogens with zero attached hydrogens (tertiary/aromatic N) is 2. The highest BCUT2D eigenvalue weighted by Gasteiger charge is 2.37. The third-order valence-corrected chi connectivity index (χ3v) is 14.2. The smallest absolute Gasteiger partial charge is 0.318 e. The van der Waals surface area contributed by atoms with Crippen LogP contribution in [0.5, 0.6) is 0 Å². The van der Waals surface area contributed by atoms with Crippen LogP contribution >= 0.6 is 23.2 Å². The average Bonchev–Trinajstić information content (AvgIpc) is 3.89. The number of benzene rings is 8. The Morgan fingerprint density at radius 1 is 0.426 bits per heavy atom. The Hall–Kier alpha value is -6.08. The molecule has 2 aliphatic rings. The van der Waals surface area contributed by atoms with Gasteiger partial charge in [0.2, 0.25) is 0 Å². The summed E-state index contributed by atoms with van der Waals surface area (Å²) < 4.78 is 12.1. The summed E-state index contributed by atoms with van der Waals surface area (Å²) >= 11 is 3.97. The van der Waals surface area contributed by atoms with Gasteiger partial charge in [0, 0.05) is 48.1 Å². The minimum atomic E-state index is 0.290. The Balaban J connectivity index is 1.28. The number of aromatic nitrogens is 2. The fraction of sp³-hybridized carbons (Fsp3) is 0. The molecule has 250 valence electrons. The summed E-state index contributed by atoms with van der Waals surface area (Å²) in [5.41, 5.74) is 15.4. The van der Waals surface area contributed by atoms with Crippen molar-refractivity contribution in [3.8, 4) is 33.6 Å². The molecule has 54 heavy (non-hydrogen) atoms. The van der Waals surface area contributed by atoms with E-state index >= 15 is 0 Å². The second-order valence-corrected chi connectivity index (χ2v) is 16.9. The van der Waals surface area contributed by atoms with Crippen LogP contribution in [0.25, 0.3) is 99.2 Å². The Morgan fingerprint density at radius 3 is 1.61 bits per heavy atom. The molecule has 0 radical (unpaired) electrons. The van der Waals surface area contributed by atoms with Gasteiger partial charge in [-0.15, -0.1) is 0 Å². The average molecular weight is 723 g/mol. The fourth-order valence-corrected chi connectivity index (χ4v) is 12.4. The van der Waals surface area contributed by atoms with Gasteiger partial charge in [-0.2, -0.15) is 23.2 Å². The van der Waals surface area contributed by atoms with Crippen LogP contribution in [0.4, 0.5) is 0 Å². The summed E-state index contributed by atoms with van der Waals surface area (Å²) in [6.07, 6.45) is 0. The van der Waals surface area contributed by atoms with Crippen LogP contribution in [0.1, 0.15) is 0 Å². The number of hydrogen-bond acceptors (Lipinski definition) is 3. The number of para-hydroxylation sites is 4. The van der Waals surface area contributed by atoms with Crippen molar-refractivity contribution in [3.63, 3.8) is 0 Å².